The van der Waals surface area contributed by atoms with Crippen LogP contribution in [-0.2, 0) is 24.8 Å². The molecule has 2 aliphatic heterocycles. The van der Waals surface area contributed by atoms with Gasteiger partial charge in [-0.2, -0.15) is 8.61 Å². The van der Waals surface area contributed by atoms with Gasteiger partial charge < -0.3 is 29.1 Å². The minimum absolute atomic E-state index is 0.0241. The molecule has 2 aliphatic rings. The molecule has 2 aromatic heterocycles. The summed E-state index contributed by atoms with van der Waals surface area (Å²) < 4.78 is 69.3. The highest BCUT2D eigenvalue weighted by Crippen LogP contribution is 2.25. The van der Waals surface area contributed by atoms with Crippen LogP contribution in [0.15, 0.2) is 34.3 Å². The Morgan fingerprint density at radius 1 is 0.667 bits per heavy atom. The van der Waals surface area contributed by atoms with Gasteiger partial charge in [-0.1, -0.05) is 13.8 Å². The number of aromatic nitrogens is 2. The van der Waals surface area contributed by atoms with Gasteiger partial charge in [0.25, 0.3) is 0 Å². The number of hydrogen-bond acceptors (Lipinski definition) is 13. The zero-order chi connectivity index (χ0) is 35.5. The number of carboxylic acid groups (broad SMARTS) is 1. The molecule has 0 amide bonds. The molecule has 4 rings (SSSR count). The van der Waals surface area contributed by atoms with Gasteiger partial charge in [-0.25, -0.2) is 36.4 Å². The fourth-order valence-corrected chi connectivity index (χ4v) is 7.82. The minimum atomic E-state index is -3.76. The smallest absolute Gasteiger partial charge is 0.343 e. The first-order valence-corrected chi connectivity index (χ1v) is 18.8. The lowest BCUT2D eigenvalue weighted by molar-refractivity contribution is 0.0519. The second-order valence-corrected chi connectivity index (χ2v) is 14.5. The number of nitrogens with zero attached hydrogens (tertiary/aromatic N) is 6. The summed E-state index contributed by atoms with van der Waals surface area (Å²) in [5, 5.41) is 9.22. The van der Waals surface area contributed by atoms with E-state index in [1.807, 2.05) is 13.8 Å². The molecule has 0 unspecified atom stereocenters. The van der Waals surface area contributed by atoms with Crippen molar-refractivity contribution in [2.45, 2.75) is 44.4 Å². The average molecular weight is 715 g/mol. The molecular formula is C30H46N6O10S2. The topological polar surface area (TPSA) is 189 Å². The molecule has 48 heavy (non-hydrogen) atoms. The van der Waals surface area contributed by atoms with Gasteiger partial charge in [0, 0.05) is 52.4 Å². The fourth-order valence-electron chi connectivity index (χ4n) is 5.03. The van der Waals surface area contributed by atoms with Gasteiger partial charge in [0.2, 0.25) is 31.8 Å². The second kappa shape index (κ2) is 17.8. The van der Waals surface area contributed by atoms with E-state index in [0.717, 1.165) is 25.4 Å². The molecule has 0 aromatic carbocycles. The van der Waals surface area contributed by atoms with Gasteiger partial charge in [0.1, 0.15) is 20.9 Å². The summed E-state index contributed by atoms with van der Waals surface area (Å²) in [4.78, 5) is 35.5. The molecule has 0 aliphatic carbocycles. The average Bonchev–Trinajstić information content (AvgIpc) is 3.09. The van der Waals surface area contributed by atoms with Crippen molar-refractivity contribution in [2.75, 3.05) is 85.3 Å². The van der Waals surface area contributed by atoms with Crippen molar-refractivity contribution >= 4 is 32.0 Å². The Hall–Kier alpha value is -3.42. The summed E-state index contributed by atoms with van der Waals surface area (Å²) in [6, 6.07) is 2.40. The molecule has 0 atom stereocenters. The molecule has 2 saturated heterocycles. The Kier molecular flexibility index (Phi) is 14.5. The lowest BCUT2D eigenvalue weighted by atomic mass is 10.3. The van der Waals surface area contributed by atoms with E-state index in [9.17, 15) is 31.5 Å². The second-order valence-electron chi connectivity index (χ2n) is 10.6. The van der Waals surface area contributed by atoms with E-state index in [0.29, 0.717) is 59.0 Å². The third kappa shape index (κ3) is 9.60. The molecule has 1 N–H and O–H groups in total. The van der Waals surface area contributed by atoms with Crippen molar-refractivity contribution in [1.82, 2.24) is 28.4 Å². The predicted molar refractivity (Wildman–Crippen MR) is 175 cm³/mol. The normalized spacial score (nSPS) is 16.9. The monoisotopic (exact) mass is 714 g/mol. The first-order valence-electron chi connectivity index (χ1n) is 15.9. The Balaban J connectivity index is 0.000000261. The van der Waals surface area contributed by atoms with Crippen molar-refractivity contribution in [3.63, 3.8) is 0 Å². The number of aromatic carboxylic acids is 1. The van der Waals surface area contributed by atoms with E-state index < -0.39 is 32.0 Å². The summed E-state index contributed by atoms with van der Waals surface area (Å²) in [6.07, 6.45) is 2.38. The minimum Gasteiger partial charge on any atom is -0.477 e. The highest BCUT2D eigenvalue weighted by Gasteiger charge is 2.31. The van der Waals surface area contributed by atoms with Gasteiger partial charge in [-0.15, -0.1) is 0 Å². The number of piperazine rings is 2. The number of rotatable bonds is 13. The standard InChI is InChI=1S/C16H25N3O5S.C14H21N3O5S/c1-4-18-7-9-19(10-8-18)25(21,22)13-11-14(16(20)24-6-3)15(17-12-13)23-5-2;1-3-16-5-7-17(8-6-16)23(20,21)11-9-12(14(18)19)13(15-10-11)22-4-2/h11-12H,4-10H2,1-3H3;9-10H,3-8H2,1-2H3,(H,18,19). The highest BCUT2D eigenvalue weighted by molar-refractivity contribution is 7.89. The molecule has 0 spiro atoms. The third-order valence-electron chi connectivity index (χ3n) is 7.77. The van der Waals surface area contributed by atoms with Crippen LogP contribution in [0.3, 0.4) is 0 Å². The van der Waals surface area contributed by atoms with Crippen LogP contribution in [0.2, 0.25) is 0 Å². The zero-order valence-corrected chi connectivity index (χ0v) is 29.8. The molecule has 0 saturated carbocycles. The maximum Gasteiger partial charge on any atom is 0.343 e. The lowest BCUT2D eigenvalue weighted by Crippen LogP contribution is -2.48. The fraction of sp³-hybridized carbons (Fsp3) is 0.600. The van der Waals surface area contributed by atoms with Crippen LogP contribution < -0.4 is 9.47 Å². The Labute approximate surface area is 282 Å². The predicted octanol–water partition coefficient (Wildman–Crippen LogP) is 1.49. The van der Waals surface area contributed by atoms with Crippen LogP contribution in [0.1, 0.15) is 55.3 Å². The first kappa shape index (κ1) is 39.0. The van der Waals surface area contributed by atoms with Crippen LogP contribution in [0.25, 0.3) is 0 Å². The largest absolute Gasteiger partial charge is 0.477 e. The van der Waals surface area contributed by atoms with E-state index in [-0.39, 0.29) is 45.9 Å². The number of carboxylic acids is 1. The van der Waals surface area contributed by atoms with Crippen molar-refractivity contribution < 1.29 is 45.7 Å². The van der Waals surface area contributed by atoms with Crippen LogP contribution in [0.4, 0.5) is 0 Å². The Morgan fingerprint density at radius 2 is 1.06 bits per heavy atom. The maximum absolute atomic E-state index is 12.9. The summed E-state index contributed by atoms with van der Waals surface area (Å²) in [5.41, 5.74) is -0.225. The highest BCUT2D eigenvalue weighted by atomic mass is 32.2. The van der Waals surface area contributed by atoms with Crippen molar-refractivity contribution in [3.8, 4) is 11.8 Å². The summed E-state index contributed by atoms with van der Waals surface area (Å²) in [7, 11) is -7.47. The quantitative estimate of drug-likeness (QED) is 0.294. The van der Waals surface area contributed by atoms with E-state index in [2.05, 4.69) is 19.8 Å². The zero-order valence-electron chi connectivity index (χ0n) is 28.1. The summed E-state index contributed by atoms with van der Waals surface area (Å²) in [5.74, 6) is -1.91. The molecule has 2 fully saturated rings. The molecule has 0 radical (unpaired) electrons. The number of likely N-dealkylation sites (N-methyl/N-ethyl adjacent to an activating group) is 2. The van der Waals surface area contributed by atoms with Gasteiger partial charge in [-0.05, 0) is 46.0 Å². The molecule has 4 heterocycles. The SMILES string of the molecule is CCOC(=O)c1cc(S(=O)(=O)N2CCN(CC)CC2)cnc1OCC.CCOc1ncc(S(=O)(=O)N2CCN(CC)CC2)cc1C(=O)O. The lowest BCUT2D eigenvalue weighted by Gasteiger charge is -2.33. The number of carbonyl (C=O) groups excluding carboxylic acids is 1. The number of hydrogen-bond donors (Lipinski definition) is 1. The molecule has 16 nitrogen and oxygen atoms in total. The van der Waals surface area contributed by atoms with Gasteiger partial charge in [-0.3, -0.25) is 0 Å². The molecule has 2 aromatic rings. The van der Waals surface area contributed by atoms with Crippen molar-refractivity contribution in [3.05, 3.63) is 35.7 Å². The Bertz CT molecular complexity index is 1610. The van der Waals surface area contributed by atoms with Gasteiger partial charge >= 0.3 is 11.9 Å². The van der Waals surface area contributed by atoms with Crippen LogP contribution in [-0.4, -0.2) is 148 Å². The number of carbonyl (C=O) groups is 2. The molecule has 0 bridgehead atoms. The number of sulfonamides is 2. The van der Waals surface area contributed by atoms with Crippen LogP contribution >= 0.6 is 0 Å². The molecule has 18 heteroatoms. The Morgan fingerprint density at radius 3 is 1.42 bits per heavy atom. The third-order valence-corrected chi connectivity index (χ3v) is 11.5. The van der Waals surface area contributed by atoms with E-state index in [1.165, 1.54) is 20.9 Å². The summed E-state index contributed by atoms with van der Waals surface area (Å²) in [6.45, 7) is 16.0. The van der Waals surface area contributed by atoms with Crippen LogP contribution in [0.5, 0.6) is 11.8 Å². The number of ether oxygens (including phenoxy) is 3. The first-order chi connectivity index (χ1) is 22.8. The number of pyridine rings is 2. The van der Waals surface area contributed by atoms with E-state index >= 15 is 0 Å². The number of esters is 1. The van der Waals surface area contributed by atoms with Crippen molar-refractivity contribution in [1.29, 1.82) is 0 Å². The molecule has 268 valence electrons. The summed E-state index contributed by atoms with van der Waals surface area (Å²) >= 11 is 0. The molecular weight excluding hydrogens is 668 g/mol. The van der Waals surface area contributed by atoms with E-state index in [4.69, 9.17) is 14.2 Å². The van der Waals surface area contributed by atoms with E-state index in [1.54, 1.807) is 20.8 Å². The van der Waals surface area contributed by atoms with Gasteiger partial charge in [0.05, 0.1) is 32.2 Å². The van der Waals surface area contributed by atoms with Crippen LogP contribution in [0, 0.1) is 0 Å². The van der Waals surface area contributed by atoms with Crippen molar-refractivity contribution in [2.24, 2.45) is 0 Å². The van der Waals surface area contributed by atoms with Gasteiger partial charge in [0.15, 0.2) is 0 Å². The maximum atomic E-state index is 12.9.